The van der Waals surface area contributed by atoms with E-state index in [1.165, 1.54) is 0 Å². The lowest BCUT2D eigenvalue weighted by Gasteiger charge is -2.25. The summed E-state index contributed by atoms with van der Waals surface area (Å²) in [6.45, 7) is 2.26. The van der Waals surface area contributed by atoms with Gasteiger partial charge >= 0.3 is 0 Å². The molecule has 1 aromatic carbocycles. The number of rotatable bonds is 2. The molecule has 1 aromatic rings. The summed E-state index contributed by atoms with van der Waals surface area (Å²) in [5, 5.41) is 0.807. The molecule has 0 amide bonds. The fraction of sp³-hybridized carbons (Fsp3) is 0.538. The maximum absolute atomic E-state index is 12.5. The maximum atomic E-state index is 12.5. The van der Waals surface area contributed by atoms with Crippen molar-refractivity contribution in [1.29, 1.82) is 0 Å². The quantitative estimate of drug-likeness (QED) is 0.835. The zero-order valence-corrected chi connectivity index (χ0v) is 11.6. The van der Waals surface area contributed by atoms with E-state index in [-0.39, 0.29) is 5.25 Å². The van der Waals surface area contributed by atoms with Crippen molar-refractivity contribution in [2.75, 3.05) is 5.73 Å². The van der Waals surface area contributed by atoms with Gasteiger partial charge in [0.1, 0.15) is 0 Å². The van der Waals surface area contributed by atoms with Crippen LogP contribution in [0.25, 0.3) is 0 Å². The molecule has 0 spiro atoms. The predicted octanol–water partition coefficient (Wildman–Crippen LogP) is 3.61. The third-order valence-electron chi connectivity index (χ3n) is 3.44. The van der Waals surface area contributed by atoms with E-state index in [0.717, 1.165) is 31.6 Å². The van der Waals surface area contributed by atoms with Crippen molar-refractivity contribution in [2.24, 2.45) is 5.92 Å². The minimum absolute atomic E-state index is 0.241. The van der Waals surface area contributed by atoms with Crippen LogP contribution in [-0.2, 0) is 10.8 Å². The van der Waals surface area contributed by atoms with Crippen molar-refractivity contribution in [3.63, 3.8) is 0 Å². The highest BCUT2D eigenvalue weighted by Gasteiger charge is 2.25. The Bertz CT molecular complexity index is 427. The van der Waals surface area contributed by atoms with Gasteiger partial charge in [-0.05, 0) is 49.8 Å². The van der Waals surface area contributed by atoms with Gasteiger partial charge in [0, 0.05) is 10.9 Å². The van der Waals surface area contributed by atoms with E-state index in [9.17, 15) is 4.21 Å². The molecule has 2 nitrogen and oxygen atoms in total. The molecule has 4 heteroatoms. The molecule has 1 aliphatic carbocycles. The first kappa shape index (κ1) is 12.9. The smallest absolute Gasteiger partial charge is 0.0597 e. The van der Waals surface area contributed by atoms with Gasteiger partial charge in [-0.15, -0.1) is 0 Å². The fourth-order valence-electron chi connectivity index (χ4n) is 2.30. The molecule has 2 N–H and O–H groups in total. The molecule has 1 atom stereocenters. The average Bonchev–Trinajstić information content (AvgIpc) is 2.32. The molecule has 0 saturated heterocycles. The van der Waals surface area contributed by atoms with Gasteiger partial charge in [0.25, 0.3) is 0 Å². The van der Waals surface area contributed by atoms with Crippen molar-refractivity contribution in [2.45, 2.75) is 42.8 Å². The van der Waals surface area contributed by atoms with E-state index < -0.39 is 10.8 Å². The van der Waals surface area contributed by atoms with E-state index >= 15 is 0 Å². The highest BCUT2D eigenvalue weighted by atomic mass is 35.5. The fourth-order valence-corrected chi connectivity index (χ4v) is 4.21. The first-order valence-corrected chi connectivity index (χ1v) is 7.62. The Morgan fingerprint density at radius 1 is 1.29 bits per heavy atom. The molecule has 0 bridgehead atoms. The number of hydrogen-bond donors (Lipinski definition) is 1. The molecule has 1 unspecified atom stereocenters. The lowest BCUT2D eigenvalue weighted by molar-refractivity contribution is 0.389. The van der Waals surface area contributed by atoms with Crippen LogP contribution in [0.5, 0.6) is 0 Å². The van der Waals surface area contributed by atoms with Crippen LogP contribution >= 0.6 is 11.6 Å². The number of hydrogen-bond acceptors (Lipinski definition) is 2. The van der Waals surface area contributed by atoms with Gasteiger partial charge in [-0.25, -0.2) is 0 Å². The molecule has 2 rings (SSSR count). The maximum Gasteiger partial charge on any atom is 0.0597 e. The third kappa shape index (κ3) is 3.02. The Labute approximate surface area is 110 Å². The van der Waals surface area contributed by atoms with E-state index in [0.29, 0.717) is 15.6 Å². The van der Waals surface area contributed by atoms with Crippen molar-refractivity contribution in [3.05, 3.63) is 23.2 Å². The summed E-state index contributed by atoms with van der Waals surface area (Å²) in [5.74, 6) is 0.763. The van der Waals surface area contributed by atoms with Gasteiger partial charge in [0.15, 0.2) is 0 Å². The van der Waals surface area contributed by atoms with E-state index in [2.05, 4.69) is 6.92 Å². The van der Waals surface area contributed by atoms with Crippen LogP contribution in [0.15, 0.2) is 23.1 Å². The molecule has 0 aromatic heterocycles. The molecule has 1 saturated carbocycles. The minimum Gasteiger partial charge on any atom is -0.399 e. The summed E-state index contributed by atoms with van der Waals surface area (Å²) in [6.07, 6.45) is 4.38. The Kier molecular flexibility index (Phi) is 4.10. The third-order valence-corrected chi connectivity index (χ3v) is 5.73. The van der Waals surface area contributed by atoms with Crippen LogP contribution in [0.1, 0.15) is 32.6 Å². The van der Waals surface area contributed by atoms with Crippen molar-refractivity contribution >= 4 is 28.1 Å². The zero-order valence-electron chi connectivity index (χ0n) is 9.99. The molecule has 17 heavy (non-hydrogen) atoms. The highest BCUT2D eigenvalue weighted by molar-refractivity contribution is 7.85. The summed E-state index contributed by atoms with van der Waals surface area (Å²) in [4.78, 5) is 0.700. The molecule has 1 aliphatic rings. The molecule has 1 fully saturated rings. The molecular weight excluding hydrogens is 254 g/mol. The van der Waals surface area contributed by atoms with Gasteiger partial charge in [0.2, 0.25) is 0 Å². The second-order valence-corrected chi connectivity index (χ2v) is 6.98. The predicted molar refractivity (Wildman–Crippen MR) is 73.7 cm³/mol. The van der Waals surface area contributed by atoms with Crippen LogP contribution < -0.4 is 5.73 Å². The Morgan fingerprint density at radius 3 is 2.59 bits per heavy atom. The number of halogens is 1. The molecule has 94 valence electrons. The number of nitrogens with two attached hydrogens (primary N) is 1. The van der Waals surface area contributed by atoms with Crippen molar-refractivity contribution in [1.82, 2.24) is 0 Å². The van der Waals surface area contributed by atoms with Gasteiger partial charge in [-0.2, -0.15) is 0 Å². The Hall–Kier alpha value is -0.540. The highest BCUT2D eigenvalue weighted by Crippen LogP contribution is 2.32. The number of nitrogen functional groups attached to an aromatic ring is 1. The van der Waals surface area contributed by atoms with Crippen LogP contribution in [0.4, 0.5) is 5.69 Å². The Morgan fingerprint density at radius 2 is 1.94 bits per heavy atom. The van der Waals surface area contributed by atoms with Gasteiger partial charge in [-0.3, -0.25) is 4.21 Å². The standard InChI is InChI=1S/C13H18ClNOS/c1-9-2-5-11(6-3-9)17(16)13-8-10(15)4-7-12(13)14/h4,7-9,11H,2-3,5-6,15H2,1H3. The summed E-state index contributed by atoms with van der Waals surface area (Å²) >= 11 is 6.09. The lowest BCUT2D eigenvalue weighted by atomic mass is 9.91. The summed E-state index contributed by atoms with van der Waals surface area (Å²) in [5.41, 5.74) is 6.35. The summed E-state index contributed by atoms with van der Waals surface area (Å²) < 4.78 is 12.5. The molecule has 0 heterocycles. The number of anilines is 1. The van der Waals surface area contributed by atoms with E-state index in [4.69, 9.17) is 17.3 Å². The van der Waals surface area contributed by atoms with Gasteiger partial charge < -0.3 is 5.73 Å². The largest absolute Gasteiger partial charge is 0.399 e. The molecule has 0 aliphatic heterocycles. The SMILES string of the molecule is CC1CCC(S(=O)c2cc(N)ccc2Cl)CC1. The van der Waals surface area contributed by atoms with Crippen LogP contribution in [0.2, 0.25) is 5.02 Å². The van der Waals surface area contributed by atoms with Crippen molar-refractivity contribution < 1.29 is 4.21 Å². The zero-order chi connectivity index (χ0) is 12.4. The first-order valence-electron chi connectivity index (χ1n) is 6.03. The monoisotopic (exact) mass is 271 g/mol. The first-order chi connectivity index (χ1) is 8.08. The van der Waals surface area contributed by atoms with Crippen molar-refractivity contribution in [3.8, 4) is 0 Å². The Balaban J connectivity index is 2.16. The normalized spacial score (nSPS) is 26.7. The summed E-state index contributed by atoms with van der Waals surface area (Å²) in [7, 11) is -1.02. The number of benzene rings is 1. The van der Waals surface area contributed by atoms with E-state index in [1.807, 2.05) is 0 Å². The van der Waals surface area contributed by atoms with Crippen LogP contribution in [0.3, 0.4) is 0 Å². The van der Waals surface area contributed by atoms with Crippen LogP contribution in [0, 0.1) is 5.92 Å². The van der Waals surface area contributed by atoms with E-state index in [1.54, 1.807) is 18.2 Å². The second-order valence-electron chi connectivity index (χ2n) is 4.87. The average molecular weight is 272 g/mol. The molecule has 0 radical (unpaired) electrons. The topological polar surface area (TPSA) is 43.1 Å². The second kappa shape index (κ2) is 5.40. The molecular formula is C13H18ClNOS. The van der Waals surface area contributed by atoms with Crippen LogP contribution in [-0.4, -0.2) is 9.46 Å². The lowest BCUT2D eigenvalue weighted by Crippen LogP contribution is -2.22. The van der Waals surface area contributed by atoms with Gasteiger partial charge in [0.05, 0.1) is 20.7 Å². The summed E-state index contributed by atoms with van der Waals surface area (Å²) in [6, 6.07) is 5.22. The van der Waals surface area contributed by atoms with Gasteiger partial charge in [-0.1, -0.05) is 18.5 Å². The minimum atomic E-state index is -1.02.